The minimum absolute atomic E-state index is 0.0374. The predicted octanol–water partition coefficient (Wildman–Crippen LogP) is 2.77. The van der Waals surface area contributed by atoms with Gasteiger partial charge in [-0.25, -0.2) is 4.79 Å². The van der Waals surface area contributed by atoms with E-state index in [0.717, 1.165) is 29.4 Å². The highest BCUT2D eigenvalue weighted by atomic mass is 16.6. The van der Waals surface area contributed by atoms with Crippen molar-refractivity contribution in [3.8, 4) is 0 Å². The maximum absolute atomic E-state index is 12.3. The van der Waals surface area contributed by atoms with Crippen molar-refractivity contribution in [1.82, 2.24) is 15.2 Å². The molecule has 0 bridgehead atoms. The van der Waals surface area contributed by atoms with Crippen molar-refractivity contribution in [3.05, 3.63) is 36.5 Å². The fraction of sp³-hybridized carbons (Fsp3) is 0.450. The van der Waals surface area contributed by atoms with Gasteiger partial charge in [-0.2, -0.15) is 0 Å². The van der Waals surface area contributed by atoms with Crippen LogP contribution in [-0.4, -0.2) is 54.2 Å². The molecular weight excluding hydrogens is 344 g/mol. The molecule has 0 saturated carbocycles. The van der Waals surface area contributed by atoms with Gasteiger partial charge in [0.2, 0.25) is 5.91 Å². The zero-order valence-corrected chi connectivity index (χ0v) is 15.6. The number of nitrogens with zero attached hydrogens (tertiary/aromatic N) is 2. The highest BCUT2D eigenvalue weighted by Crippen LogP contribution is 2.20. The second-order valence-electron chi connectivity index (χ2n) is 6.59. The number of benzene rings is 1. The van der Waals surface area contributed by atoms with Crippen LogP contribution < -0.4 is 10.6 Å². The van der Waals surface area contributed by atoms with Crippen molar-refractivity contribution in [2.45, 2.75) is 32.2 Å². The summed E-state index contributed by atoms with van der Waals surface area (Å²) in [6.45, 7) is 4.19. The van der Waals surface area contributed by atoms with Crippen LogP contribution in [0.1, 0.15) is 26.2 Å². The SMILES string of the molecule is CCOC(=O)N1CCC(NCCC(=O)Nc2cccc3cccnc23)CC1. The Labute approximate surface area is 159 Å². The monoisotopic (exact) mass is 370 g/mol. The first-order chi connectivity index (χ1) is 13.2. The van der Waals surface area contributed by atoms with Crippen molar-refractivity contribution in [1.29, 1.82) is 0 Å². The molecule has 0 aliphatic carbocycles. The number of pyridine rings is 1. The molecule has 1 saturated heterocycles. The Morgan fingerprint density at radius 3 is 2.78 bits per heavy atom. The summed E-state index contributed by atoms with van der Waals surface area (Å²) in [5.74, 6) is -0.0374. The Morgan fingerprint density at radius 1 is 1.22 bits per heavy atom. The van der Waals surface area contributed by atoms with E-state index in [4.69, 9.17) is 4.74 Å². The number of para-hydroxylation sites is 1. The van der Waals surface area contributed by atoms with Crippen molar-refractivity contribution in [2.75, 3.05) is 31.6 Å². The molecule has 144 valence electrons. The highest BCUT2D eigenvalue weighted by Gasteiger charge is 2.23. The van der Waals surface area contributed by atoms with Crippen LogP contribution in [0.25, 0.3) is 10.9 Å². The molecular formula is C20H26N4O3. The molecule has 2 heterocycles. The van der Waals surface area contributed by atoms with E-state index < -0.39 is 0 Å². The van der Waals surface area contributed by atoms with Crippen molar-refractivity contribution < 1.29 is 14.3 Å². The van der Waals surface area contributed by atoms with E-state index in [-0.39, 0.29) is 12.0 Å². The molecule has 1 aromatic carbocycles. The smallest absolute Gasteiger partial charge is 0.409 e. The molecule has 1 fully saturated rings. The number of aromatic nitrogens is 1. The Kier molecular flexibility index (Phi) is 6.59. The number of fused-ring (bicyclic) bond motifs is 1. The molecule has 0 atom stereocenters. The normalized spacial score (nSPS) is 14.9. The number of rotatable bonds is 6. The molecule has 7 heteroatoms. The van der Waals surface area contributed by atoms with E-state index in [0.29, 0.717) is 38.7 Å². The van der Waals surface area contributed by atoms with Gasteiger partial charge in [0.25, 0.3) is 0 Å². The van der Waals surface area contributed by atoms with Crippen molar-refractivity contribution in [2.24, 2.45) is 0 Å². The lowest BCUT2D eigenvalue weighted by molar-refractivity contribution is -0.116. The van der Waals surface area contributed by atoms with Crippen LogP contribution in [0, 0.1) is 0 Å². The second-order valence-corrected chi connectivity index (χ2v) is 6.59. The van der Waals surface area contributed by atoms with Crippen molar-refractivity contribution in [3.63, 3.8) is 0 Å². The van der Waals surface area contributed by atoms with E-state index >= 15 is 0 Å². The van der Waals surface area contributed by atoms with Crippen molar-refractivity contribution >= 4 is 28.6 Å². The molecule has 2 aromatic rings. The third kappa shape index (κ3) is 5.17. The lowest BCUT2D eigenvalue weighted by Gasteiger charge is -2.31. The van der Waals surface area contributed by atoms with E-state index in [2.05, 4.69) is 15.6 Å². The molecule has 0 radical (unpaired) electrons. The number of hydrogen-bond acceptors (Lipinski definition) is 5. The number of nitrogens with one attached hydrogen (secondary N) is 2. The van der Waals surface area contributed by atoms with Gasteiger partial charge in [-0.05, 0) is 31.9 Å². The number of hydrogen-bond donors (Lipinski definition) is 2. The van der Waals surface area contributed by atoms with Crippen LogP contribution in [0.3, 0.4) is 0 Å². The van der Waals surface area contributed by atoms with Gasteiger partial charge in [0.1, 0.15) is 0 Å². The molecule has 3 rings (SSSR count). The Bertz CT molecular complexity index is 782. The summed E-state index contributed by atoms with van der Waals surface area (Å²) in [7, 11) is 0. The van der Waals surface area contributed by atoms with Crippen LogP contribution in [0.15, 0.2) is 36.5 Å². The van der Waals surface area contributed by atoms with Crippen LogP contribution in [-0.2, 0) is 9.53 Å². The predicted molar refractivity (Wildman–Crippen MR) is 105 cm³/mol. The minimum Gasteiger partial charge on any atom is -0.450 e. The fourth-order valence-corrected chi connectivity index (χ4v) is 3.29. The molecule has 0 spiro atoms. The summed E-state index contributed by atoms with van der Waals surface area (Å²) >= 11 is 0. The average Bonchev–Trinajstić information content (AvgIpc) is 2.69. The summed E-state index contributed by atoms with van der Waals surface area (Å²) in [4.78, 5) is 30.1. The molecule has 0 unspecified atom stereocenters. The molecule has 1 aromatic heterocycles. The van der Waals surface area contributed by atoms with E-state index in [1.807, 2.05) is 37.3 Å². The summed E-state index contributed by atoms with van der Waals surface area (Å²) in [5.41, 5.74) is 1.54. The number of amides is 2. The van der Waals surface area contributed by atoms with E-state index in [9.17, 15) is 9.59 Å². The van der Waals surface area contributed by atoms with Crippen LogP contribution in [0.2, 0.25) is 0 Å². The number of carbonyl (C=O) groups is 2. The molecule has 1 aliphatic rings. The summed E-state index contributed by atoms with van der Waals surface area (Å²) < 4.78 is 5.02. The highest BCUT2D eigenvalue weighted by molar-refractivity contribution is 6.00. The Balaban J connectivity index is 1.41. The number of ether oxygens (including phenoxy) is 1. The first-order valence-electron chi connectivity index (χ1n) is 9.46. The number of likely N-dealkylation sites (tertiary alicyclic amines) is 1. The van der Waals surface area contributed by atoms with Crippen LogP contribution in [0.4, 0.5) is 10.5 Å². The molecule has 7 nitrogen and oxygen atoms in total. The number of carbonyl (C=O) groups excluding carboxylic acids is 2. The molecule has 1 aliphatic heterocycles. The van der Waals surface area contributed by atoms with Gasteiger partial charge in [-0.15, -0.1) is 0 Å². The van der Waals surface area contributed by atoms with Gasteiger partial charge < -0.3 is 20.3 Å². The van der Waals surface area contributed by atoms with Gasteiger partial charge in [0.05, 0.1) is 17.8 Å². The van der Waals surface area contributed by atoms with Gasteiger partial charge in [-0.1, -0.05) is 18.2 Å². The first-order valence-corrected chi connectivity index (χ1v) is 9.46. The van der Waals surface area contributed by atoms with Gasteiger partial charge in [-0.3, -0.25) is 9.78 Å². The zero-order valence-electron chi connectivity index (χ0n) is 15.6. The first kappa shape index (κ1) is 19.1. The zero-order chi connectivity index (χ0) is 19.1. The van der Waals surface area contributed by atoms with Crippen LogP contribution in [0.5, 0.6) is 0 Å². The fourth-order valence-electron chi connectivity index (χ4n) is 3.29. The summed E-state index contributed by atoms with van der Waals surface area (Å²) in [6.07, 6.45) is 3.62. The largest absolute Gasteiger partial charge is 0.450 e. The number of piperidine rings is 1. The summed E-state index contributed by atoms with van der Waals surface area (Å²) in [5, 5.41) is 7.36. The Morgan fingerprint density at radius 2 is 2.00 bits per heavy atom. The topological polar surface area (TPSA) is 83.6 Å². The summed E-state index contributed by atoms with van der Waals surface area (Å²) in [6, 6.07) is 9.93. The van der Waals surface area contributed by atoms with Gasteiger partial charge in [0.15, 0.2) is 0 Å². The molecule has 2 N–H and O–H groups in total. The second kappa shape index (κ2) is 9.32. The molecule has 27 heavy (non-hydrogen) atoms. The minimum atomic E-state index is -0.237. The third-order valence-electron chi connectivity index (χ3n) is 4.71. The van der Waals surface area contributed by atoms with E-state index in [1.165, 1.54) is 0 Å². The maximum Gasteiger partial charge on any atom is 0.409 e. The van der Waals surface area contributed by atoms with Gasteiger partial charge >= 0.3 is 6.09 Å². The molecule has 2 amide bonds. The van der Waals surface area contributed by atoms with E-state index in [1.54, 1.807) is 11.1 Å². The standard InChI is InChI=1S/C20H26N4O3/c1-2-27-20(26)24-13-9-16(10-14-24)21-12-8-18(25)23-17-7-3-5-15-6-4-11-22-19(15)17/h3-7,11,16,21H,2,8-10,12-14H2,1H3,(H,23,25). The average molecular weight is 370 g/mol. The quantitative estimate of drug-likeness (QED) is 0.817. The third-order valence-corrected chi connectivity index (χ3v) is 4.71. The van der Waals surface area contributed by atoms with Crippen LogP contribution >= 0.6 is 0 Å². The Hall–Kier alpha value is -2.67. The maximum atomic E-state index is 12.3. The lowest BCUT2D eigenvalue weighted by atomic mass is 10.1. The lowest BCUT2D eigenvalue weighted by Crippen LogP contribution is -2.45. The number of anilines is 1. The van der Waals surface area contributed by atoms with Gasteiger partial charge in [0, 0.05) is 43.7 Å².